The molecule has 0 aliphatic heterocycles. The first-order chi connectivity index (χ1) is 6.11. The summed E-state index contributed by atoms with van der Waals surface area (Å²) >= 11 is 2.93. The molecule has 1 heterocycles. The second kappa shape index (κ2) is 2.77. The minimum absolute atomic E-state index is 0.0400. The van der Waals surface area contributed by atoms with Gasteiger partial charge in [0.05, 0.1) is 4.47 Å². The van der Waals surface area contributed by atoms with Crippen molar-refractivity contribution in [2.75, 3.05) is 0 Å². The van der Waals surface area contributed by atoms with E-state index in [1.807, 2.05) is 0 Å². The summed E-state index contributed by atoms with van der Waals surface area (Å²) in [5.41, 5.74) is 0.757. The summed E-state index contributed by atoms with van der Waals surface area (Å²) in [4.78, 5) is 0. The van der Waals surface area contributed by atoms with Crippen LogP contribution in [0.25, 0.3) is 10.9 Å². The Balaban J connectivity index is 2.96. The lowest BCUT2D eigenvalue weighted by atomic mass is 10.2. The molecule has 0 aliphatic rings. The molecular formula is C8H5BrF2N2. The molecule has 0 saturated carbocycles. The van der Waals surface area contributed by atoms with Crippen LogP contribution in [0.5, 0.6) is 0 Å². The molecule has 0 unspecified atom stereocenters. The molecule has 1 aromatic heterocycles. The van der Waals surface area contributed by atoms with E-state index >= 15 is 0 Å². The number of benzene rings is 1. The maximum absolute atomic E-state index is 13.2. The summed E-state index contributed by atoms with van der Waals surface area (Å²) in [5, 5.41) is 6.84. The molecule has 0 spiro atoms. The van der Waals surface area contributed by atoms with Gasteiger partial charge < -0.3 is 0 Å². The van der Waals surface area contributed by atoms with Crippen LogP contribution < -0.4 is 0 Å². The van der Waals surface area contributed by atoms with E-state index < -0.39 is 11.6 Å². The molecule has 2 nitrogen and oxygen atoms in total. The van der Waals surface area contributed by atoms with Crippen LogP contribution in [0.1, 0.15) is 5.69 Å². The van der Waals surface area contributed by atoms with Crippen molar-refractivity contribution in [2.45, 2.75) is 6.92 Å². The molecule has 1 aromatic carbocycles. The number of nitrogens with zero attached hydrogens (tertiary/aromatic N) is 1. The highest BCUT2D eigenvalue weighted by Crippen LogP contribution is 2.27. The highest BCUT2D eigenvalue weighted by molar-refractivity contribution is 9.10. The van der Waals surface area contributed by atoms with E-state index in [0.29, 0.717) is 5.39 Å². The number of H-pyrrole nitrogens is 1. The van der Waals surface area contributed by atoms with E-state index in [4.69, 9.17) is 0 Å². The van der Waals surface area contributed by atoms with Crippen molar-refractivity contribution < 1.29 is 8.78 Å². The normalized spacial score (nSPS) is 11.1. The first-order valence-electron chi connectivity index (χ1n) is 3.59. The molecule has 0 amide bonds. The van der Waals surface area contributed by atoms with Crippen molar-refractivity contribution in [2.24, 2.45) is 0 Å². The van der Waals surface area contributed by atoms with E-state index in [1.165, 1.54) is 6.07 Å². The number of aromatic nitrogens is 2. The van der Waals surface area contributed by atoms with Crippen LogP contribution in [0, 0.1) is 18.6 Å². The topological polar surface area (TPSA) is 28.7 Å². The number of aromatic amines is 1. The number of halogens is 3. The van der Waals surface area contributed by atoms with Crippen molar-refractivity contribution in [1.82, 2.24) is 10.2 Å². The fraction of sp³-hybridized carbons (Fsp3) is 0.125. The summed E-state index contributed by atoms with van der Waals surface area (Å²) in [6.07, 6.45) is 0. The number of hydrogen-bond acceptors (Lipinski definition) is 1. The molecule has 2 aromatic rings. The summed E-state index contributed by atoms with van der Waals surface area (Å²) in [6, 6.07) is 1.51. The predicted octanol–water partition coefficient (Wildman–Crippen LogP) is 2.91. The van der Waals surface area contributed by atoms with Gasteiger partial charge in [0, 0.05) is 11.1 Å². The zero-order valence-electron chi connectivity index (χ0n) is 6.66. The van der Waals surface area contributed by atoms with Crippen molar-refractivity contribution in [3.05, 3.63) is 27.9 Å². The standard InChI is InChI=1S/C8H5BrF2N2/c1-3-4-2-5(9)6(10)7(11)8(4)13-12-3/h2H,1H3,(H,12,13). The Morgan fingerprint density at radius 2 is 2.08 bits per heavy atom. The monoisotopic (exact) mass is 246 g/mol. The smallest absolute Gasteiger partial charge is 0.188 e. The summed E-state index contributed by atoms with van der Waals surface area (Å²) in [5.74, 6) is -1.83. The van der Waals surface area contributed by atoms with Crippen LogP contribution in [-0.4, -0.2) is 10.2 Å². The van der Waals surface area contributed by atoms with Gasteiger partial charge >= 0.3 is 0 Å². The quantitative estimate of drug-likeness (QED) is 0.712. The van der Waals surface area contributed by atoms with Crippen LogP contribution in [0.3, 0.4) is 0 Å². The first-order valence-corrected chi connectivity index (χ1v) is 4.38. The van der Waals surface area contributed by atoms with Crippen molar-refractivity contribution in [3.63, 3.8) is 0 Å². The molecule has 13 heavy (non-hydrogen) atoms. The van der Waals surface area contributed by atoms with E-state index in [0.717, 1.165) is 5.69 Å². The number of aryl methyl sites for hydroxylation is 1. The Kier molecular flexibility index (Phi) is 1.83. The number of nitrogens with one attached hydrogen (secondary N) is 1. The Hall–Kier alpha value is -0.970. The maximum Gasteiger partial charge on any atom is 0.188 e. The molecule has 0 atom stereocenters. The first kappa shape index (κ1) is 8.62. The molecular weight excluding hydrogens is 242 g/mol. The summed E-state index contributed by atoms with van der Waals surface area (Å²) in [6.45, 7) is 1.75. The number of hydrogen-bond donors (Lipinski definition) is 1. The fourth-order valence-corrected chi connectivity index (χ4v) is 1.58. The SMILES string of the molecule is Cc1[nH]nc2c(F)c(F)c(Br)cc12. The Morgan fingerprint density at radius 3 is 2.77 bits per heavy atom. The summed E-state index contributed by atoms with van der Waals surface area (Å²) < 4.78 is 26.3. The minimum atomic E-state index is -0.922. The average Bonchev–Trinajstić information content (AvgIpc) is 2.45. The maximum atomic E-state index is 13.2. The van der Waals surface area contributed by atoms with Gasteiger partial charge in [-0.15, -0.1) is 0 Å². The van der Waals surface area contributed by atoms with Crippen LogP contribution in [0.4, 0.5) is 8.78 Å². The number of rotatable bonds is 0. The van der Waals surface area contributed by atoms with Crippen LogP contribution in [0.15, 0.2) is 10.5 Å². The van der Waals surface area contributed by atoms with Crippen LogP contribution >= 0.6 is 15.9 Å². The van der Waals surface area contributed by atoms with Crippen molar-refractivity contribution >= 4 is 26.8 Å². The van der Waals surface area contributed by atoms with E-state index in [-0.39, 0.29) is 9.99 Å². The number of fused-ring (bicyclic) bond motifs is 1. The lowest BCUT2D eigenvalue weighted by Crippen LogP contribution is -1.87. The second-order valence-corrected chi connectivity index (χ2v) is 3.59. The third-order valence-corrected chi connectivity index (χ3v) is 2.45. The molecule has 1 N–H and O–H groups in total. The fourth-order valence-electron chi connectivity index (χ4n) is 1.18. The Labute approximate surface area is 81.1 Å². The molecule has 2 rings (SSSR count). The largest absolute Gasteiger partial charge is 0.282 e. The molecule has 68 valence electrons. The van der Waals surface area contributed by atoms with Gasteiger partial charge in [0.15, 0.2) is 11.6 Å². The van der Waals surface area contributed by atoms with Crippen LogP contribution in [-0.2, 0) is 0 Å². The molecule has 0 saturated heterocycles. The van der Waals surface area contributed by atoms with Gasteiger partial charge in [-0.2, -0.15) is 5.10 Å². The lowest BCUT2D eigenvalue weighted by Gasteiger charge is -1.96. The van der Waals surface area contributed by atoms with E-state index in [1.54, 1.807) is 6.92 Å². The lowest BCUT2D eigenvalue weighted by molar-refractivity contribution is 0.511. The van der Waals surface area contributed by atoms with Gasteiger partial charge in [-0.25, -0.2) is 8.78 Å². The van der Waals surface area contributed by atoms with Crippen LogP contribution in [0.2, 0.25) is 0 Å². The van der Waals surface area contributed by atoms with E-state index in [2.05, 4.69) is 26.1 Å². The van der Waals surface area contributed by atoms with Gasteiger partial charge in [-0.05, 0) is 28.9 Å². The second-order valence-electron chi connectivity index (χ2n) is 2.73. The zero-order chi connectivity index (χ0) is 9.59. The Bertz CT molecular complexity index is 478. The van der Waals surface area contributed by atoms with Gasteiger partial charge in [-0.1, -0.05) is 0 Å². The molecule has 0 aliphatic carbocycles. The van der Waals surface area contributed by atoms with Gasteiger partial charge in [-0.3, -0.25) is 5.10 Å². The van der Waals surface area contributed by atoms with Crippen molar-refractivity contribution in [3.8, 4) is 0 Å². The molecule has 5 heteroatoms. The highest BCUT2D eigenvalue weighted by atomic mass is 79.9. The van der Waals surface area contributed by atoms with Gasteiger partial charge in [0.25, 0.3) is 0 Å². The van der Waals surface area contributed by atoms with E-state index in [9.17, 15) is 8.78 Å². The molecule has 0 bridgehead atoms. The minimum Gasteiger partial charge on any atom is -0.282 e. The molecule has 0 radical (unpaired) electrons. The third kappa shape index (κ3) is 1.14. The van der Waals surface area contributed by atoms with Crippen molar-refractivity contribution in [1.29, 1.82) is 0 Å². The third-order valence-electron chi connectivity index (χ3n) is 1.88. The average molecular weight is 247 g/mol. The zero-order valence-corrected chi connectivity index (χ0v) is 8.24. The molecule has 0 fully saturated rings. The highest BCUT2D eigenvalue weighted by Gasteiger charge is 2.14. The predicted molar refractivity (Wildman–Crippen MR) is 48.4 cm³/mol. The summed E-state index contributed by atoms with van der Waals surface area (Å²) in [7, 11) is 0. The van der Waals surface area contributed by atoms with Gasteiger partial charge in [0.2, 0.25) is 0 Å². The Morgan fingerprint density at radius 1 is 1.38 bits per heavy atom. The van der Waals surface area contributed by atoms with Gasteiger partial charge in [0.1, 0.15) is 5.52 Å².